The third kappa shape index (κ3) is 4.08. The van der Waals surface area contributed by atoms with Crippen LogP contribution in [0.1, 0.15) is 40.0 Å². The van der Waals surface area contributed by atoms with E-state index < -0.39 is 0 Å². The molecule has 0 aromatic rings. The van der Waals surface area contributed by atoms with Crippen molar-refractivity contribution in [2.45, 2.75) is 57.7 Å². The van der Waals surface area contributed by atoms with E-state index in [1.807, 2.05) is 0 Å². The van der Waals surface area contributed by atoms with Crippen LogP contribution in [-0.4, -0.2) is 55.0 Å². The van der Waals surface area contributed by atoms with Crippen molar-refractivity contribution in [3.05, 3.63) is 0 Å². The molecule has 2 aliphatic heterocycles. The highest BCUT2D eigenvalue weighted by Crippen LogP contribution is 2.23. The second-order valence-electron chi connectivity index (χ2n) is 6.21. The van der Waals surface area contributed by atoms with Gasteiger partial charge >= 0.3 is 6.09 Å². The second kappa shape index (κ2) is 6.09. The van der Waals surface area contributed by atoms with E-state index in [4.69, 9.17) is 9.47 Å². The number of ether oxygens (including phenoxy) is 2. The molecule has 1 unspecified atom stereocenters. The number of hydrogen-bond acceptors (Lipinski definition) is 4. The lowest BCUT2D eigenvalue weighted by molar-refractivity contribution is 0.0651. The molecule has 2 heterocycles. The van der Waals surface area contributed by atoms with Crippen molar-refractivity contribution in [2.75, 3.05) is 26.3 Å². The molecule has 5 heteroatoms. The van der Waals surface area contributed by atoms with Crippen LogP contribution in [0.4, 0.5) is 4.79 Å². The number of amides is 1. The zero-order valence-electron chi connectivity index (χ0n) is 12.3. The van der Waals surface area contributed by atoms with Crippen molar-refractivity contribution >= 4 is 6.09 Å². The summed E-state index contributed by atoms with van der Waals surface area (Å²) < 4.78 is 10.6. The van der Waals surface area contributed by atoms with Gasteiger partial charge in [-0.05, 0) is 33.6 Å². The van der Waals surface area contributed by atoms with Gasteiger partial charge in [-0.1, -0.05) is 0 Å². The number of hydrogen-bond donors (Lipinski definition) is 1. The topological polar surface area (TPSA) is 50.8 Å². The molecule has 1 atom stereocenters. The highest BCUT2D eigenvalue weighted by Gasteiger charge is 2.33. The molecule has 0 aromatic heterocycles. The van der Waals surface area contributed by atoms with Crippen LogP contribution in [0.5, 0.6) is 0 Å². The minimum Gasteiger partial charge on any atom is -0.444 e. The number of rotatable bonds is 3. The molecule has 2 aliphatic rings. The first kappa shape index (κ1) is 14.6. The van der Waals surface area contributed by atoms with E-state index in [9.17, 15) is 4.79 Å². The molecule has 2 rings (SSSR count). The lowest BCUT2D eigenvalue weighted by Gasteiger charge is -2.41. The zero-order valence-corrected chi connectivity index (χ0v) is 12.3. The van der Waals surface area contributed by atoms with E-state index in [1.165, 1.54) is 0 Å². The number of alkyl carbamates (subject to hydrolysis) is 1. The molecule has 2 fully saturated rings. The van der Waals surface area contributed by atoms with Crippen LogP contribution in [0.25, 0.3) is 0 Å². The van der Waals surface area contributed by atoms with Gasteiger partial charge in [0.2, 0.25) is 0 Å². The summed E-state index contributed by atoms with van der Waals surface area (Å²) >= 11 is 0. The first-order valence-electron chi connectivity index (χ1n) is 7.29. The van der Waals surface area contributed by atoms with Crippen LogP contribution in [0.2, 0.25) is 0 Å². The molecule has 0 radical (unpaired) electrons. The van der Waals surface area contributed by atoms with E-state index in [2.05, 4.69) is 31.0 Å². The number of piperidine rings is 1. The Morgan fingerprint density at radius 1 is 1.42 bits per heavy atom. The van der Waals surface area contributed by atoms with Crippen molar-refractivity contribution in [1.82, 2.24) is 10.2 Å². The Kier molecular flexibility index (Phi) is 4.68. The SMILES string of the molecule is CC(C)N1CCC(C)(NC(=O)OC2CCOC2)CC1. The van der Waals surface area contributed by atoms with E-state index in [-0.39, 0.29) is 17.7 Å². The molecule has 0 aromatic carbocycles. The summed E-state index contributed by atoms with van der Waals surface area (Å²) in [6.07, 6.45) is 2.39. The molecule has 0 spiro atoms. The summed E-state index contributed by atoms with van der Waals surface area (Å²) in [6, 6.07) is 0.576. The van der Waals surface area contributed by atoms with Crippen LogP contribution in [0, 0.1) is 0 Å². The first-order chi connectivity index (χ1) is 8.98. The lowest BCUT2D eigenvalue weighted by atomic mass is 9.89. The fourth-order valence-corrected chi connectivity index (χ4v) is 2.69. The summed E-state index contributed by atoms with van der Waals surface area (Å²) in [5.74, 6) is 0. The smallest absolute Gasteiger partial charge is 0.407 e. The Bertz CT molecular complexity index is 306. The Labute approximate surface area is 115 Å². The van der Waals surface area contributed by atoms with Gasteiger partial charge in [-0.25, -0.2) is 4.79 Å². The maximum Gasteiger partial charge on any atom is 0.407 e. The molecule has 5 nitrogen and oxygen atoms in total. The maximum absolute atomic E-state index is 11.9. The van der Waals surface area contributed by atoms with E-state index >= 15 is 0 Å². The van der Waals surface area contributed by atoms with Gasteiger partial charge in [-0.3, -0.25) is 0 Å². The Morgan fingerprint density at radius 3 is 2.63 bits per heavy atom. The molecule has 2 saturated heterocycles. The average molecular weight is 270 g/mol. The van der Waals surface area contributed by atoms with Crippen LogP contribution in [0.3, 0.4) is 0 Å². The number of carbonyl (C=O) groups is 1. The van der Waals surface area contributed by atoms with Gasteiger partial charge < -0.3 is 19.7 Å². The van der Waals surface area contributed by atoms with Gasteiger partial charge in [0.1, 0.15) is 6.10 Å². The second-order valence-corrected chi connectivity index (χ2v) is 6.21. The predicted molar refractivity (Wildman–Crippen MR) is 73.2 cm³/mol. The number of carbonyl (C=O) groups excluding carboxylic acids is 1. The van der Waals surface area contributed by atoms with Crippen molar-refractivity contribution < 1.29 is 14.3 Å². The zero-order chi connectivity index (χ0) is 13.9. The van der Waals surface area contributed by atoms with Crippen molar-refractivity contribution in [1.29, 1.82) is 0 Å². The number of nitrogens with one attached hydrogen (secondary N) is 1. The molecule has 0 bridgehead atoms. The van der Waals surface area contributed by atoms with E-state index in [0.717, 1.165) is 32.4 Å². The van der Waals surface area contributed by atoms with Crippen LogP contribution in [0.15, 0.2) is 0 Å². The highest BCUT2D eigenvalue weighted by molar-refractivity contribution is 5.68. The van der Waals surface area contributed by atoms with Gasteiger partial charge in [0.05, 0.1) is 13.2 Å². The number of likely N-dealkylation sites (tertiary alicyclic amines) is 1. The van der Waals surface area contributed by atoms with E-state index in [1.54, 1.807) is 0 Å². The fraction of sp³-hybridized carbons (Fsp3) is 0.929. The summed E-state index contributed by atoms with van der Waals surface area (Å²) in [6.45, 7) is 9.82. The predicted octanol–water partition coefficient (Wildman–Crippen LogP) is 1.76. The minimum absolute atomic E-state index is 0.0700. The van der Waals surface area contributed by atoms with Gasteiger partial charge in [-0.2, -0.15) is 0 Å². The van der Waals surface area contributed by atoms with Gasteiger partial charge in [0, 0.05) is 31.1 Å². The summed E-state index contributed by atoms with van der Waals surface area (Å²) in [5.41, 5.74) is -0.137. The standard InChI is InChI=1S/C14H26N2O3/c1-11(2)16-7-5-14(3,6-8-16)15-13(17)19-12-4-9-18-10-12/h11-12H,4-10H2,1-3H3,(H,15,17). The normalized spacial score (nSPS) is 27.5. The summed E-state index contributed by atoms with van der Waals surface area (Å²) in [5, 5.41) is 3.04. The Balaban J connectivity index is 1.76. The van der Waals surface area contributed by atoms with Crippen molar-refractivity contribution in [2.24, 2.45) is 0 Å². The van der Waals surface area contributed by atoms with Crippen molar-refractivity contribution in [3.63, 3.8) is 0 Å². The Hall–Kier alpha value is -0.810. The van der Waals surface area contributed by atoms with Gasteiger partial charge in [0.15, 0.2) is 0 Å². The third-order valence-corrected chi connectivity index (χ3v) is 4.20. The monoisotopic (exact) mass is 270 g/mol. The quantitative estimate of drug-likeness (QED) is 0.849. The third-order valence-electron chi connectivity index (χ3n) is 4.20. The molecule has 0 aliphatic carbocycles. The first-order valence-corrected chi connectivity index (χ1v) is 7.29. The van der Waals surface area contributed by atoms with Gasteiger partial charge in [-0.15, -0.1) is 0 Å². The average Bonchev–Trinajstić information content (AvgIpc) is 2.81. The fourth-order valence-electron chi connectivity index (χ4n) is 2.69. The molecular formula is C14H26N2O3. The highest BCUT2D eigenvalue weighted by atomic mass is 16.6. The minimum atomic E-state index is -0.295. The molecule has 1 N–H and O–H groups in total. The van der Waals surface area contributed by atoms with Crippen molar-refractivity contribution in [3.8, 4) is 0 Å². The maximum atomic E-state index is 11.9. The molecule has 1 amide bonds. The summed E-state index contributed by atoms with van der Waals surface area (Å²) in [7, 11) is 0. The molecule has 0 saturated carbocycles. The Morgan fingerprint density at radius 2 is 2.11 bits per heavy atom. The van der Waals surface area contributed by atoms with Crippen LogP contribution < -0.4 is 5.32 Å². The molecule has 19 heavy (non-hydrogen) atoms. The molecular weight excluding hydrogens is 244 g/mol. The largest absolute Gasteiger partial charge is 0.444 e. The van der Waals surface area contributed by atoms with Crippen LogP contribution >= 0.6 is 0 Å². The number of nitrogens with zero attached hydrogens (tertiary/aromatic N) is 1. The van der Waals surface area contributed by atoms with E-state index in [0.29, 0.717) is 19.3 Å². The lowest BCUT2D eigenvalue weighted by Crippen LogP contribution is -2.54. The summed E-state index contributed by atoms with van der Waals surface area (Å²) in [4.78, 5) is 14.3. The molecule has 110 valence electrons. The van der Waals surface area contributed by atoms with Gasteiger partial charge in [0.25, 0.3) is 0 Å². The van der Waals surface area contributed by atoms with Crippen LogP contribution in [-0.2, 0) is 9.47 Å².